The van der Waals surface area contributed by atoms with Crippen molar-refractivity contribution in [3.05, 3.63) is 78.4 Å². The summed E-state index contributed by atoms with van der Waals surface area (Å²) in [5, 5.41) is 3.02. The molecule has 1 aromatic heterocycles. The van der Waals surface area contributed by atoms with Crippen LogP contribution in [0.1, 0.15) is 36.2 Å². The fourth-order valence-corrected chi connectivity index (χ4v) is 4.88. The Morgan fingerprint density at radius 1 is 0.941 bits per heavy atom. The lowest BCUT2D eigenvalue weighted by molar-refractivity contribution is -0.123. The van der Waals surface area contributed by atoms with Gasteiger partial charge >= 0.3 is 0 Å². The molecular formula is C26H24F2N4O2. The third kappa shape index (κ3) is 4.40. The summed E-state index contributed by atoms with van der Waals surface area (Å²) in [7, 11) is 0. The third-order valence-electron chi connectivity index (χ3n) is 6.93. The van der Waals surface area contributed by atoms with Gasteiger partial charge in [0.2, 0.25) is 5.91 Å². The molecule has 34 heavy (non-hydrogen) atoms. The van der Waals surface area contributed by atoms with Crippen molar-refractivity contribution in [3.8, 4) is 11.1 Å². The van der Waals surface area contributed by atoms with E-state index in [2.05, 4.69) is 15.3 Å². The van der Waals surface area contributed by atoms with Crippen molar-refractivity contribution in [1.82, 2.24) is 14.9 Å². The van der Waals surface area contributed by atoms with E-state index in [0.717, 1.165) is 31.7 Å². The van der Waals surface area contributed by atoms with E-state index < -0.39 is 17.0 Å². The van der Waals surface area contributed by atoms with E-state index in [-0.39, 0.29) is 17.7 Å². The number of carbonyl (C=O) groups excluding carboxylic acids is 2. The Morgan fingerprint density at radius 2 is 1.62 bits per heavy atom. The standard InChI is InChI=1S/C26H24F2N4O2/c27-20-13-18(14-21(28)15-20)17-1-3-22(4-2-17)31-25(34)26(7-8-26)19-5-11-32(12-6-19)24(33)23-16-29-9-10-30-23/h1-4,9-10,13-16,19H,5-8,11-12H2,(H,31,34). The number of hydrogen-bond donors (Lipinski definition) is 1. The van der Waals surface area contributed by atoms with E-state index in [9.17, 15) is 18.4 Å². The number of nitrogens with zero attached hydrogens (tertiary/aromatic N) is 3. The molecule has 0 bridgehead atoms. The number of piperidine rings is 1. The summed E-state index contributed by atoms with van der Waals surface area (Å²) >= 11 is 0. The molecule has 1 saturated heterocycles. The summed E-state index contributed by atoms with van der Waals surface area (Å²) in [6.45, 7) is 1.18. The molecule has 2 amide bonds. The van der Waals surface area contributed by atoms with E-state index in [1.54, 1.807) is 29.2 Å². The van der Waals surface area contributed by atoms with Crippen LogP contribution in [0.4, 0.5) is 14.5 Å². The number of benzene rings is 2. The zero-order valence-electron chi connectivity index (χ0n) is 18.5. The number of nitrogens with one attached hydrogen (secondary N) is 1. The topological polar surface area (TPSA) is 75.2 Å². The highest BCUT2D eigenvalue weighted by atomic mass is 19.1. The van der Waals surface area contributed by atoms with Crippen molar-refractivity contribution in [3.63, 3.8) is 0 Å². The number of rotatable bonds is 5. The summed E-state index contributed by atoms with van der Waals surface area (Å²) in [6, 6.07) is 10.3. The molecule has 0 atom stereocenters. The molecule has 0 spiro atoms. The number of amides is 2. The fourth-order valence-electron chi connectivity index (χ4n) is 4.88. The molecular weight excluding hydrogens is 438 g/mol. The Balaban J connectivity index is 1.20. The zero-order valence-corrected chi connectivity index (χ0v) is 18.5. The second-order valence-corrected chi connectivity index (χ2v) is 9.00. The molecule has 1 aliphatic carbocycles. The molecule has 2 heterocycles. The summed E-state index contributed by atoms with van der Waals surface area (Å²) in [6.07, 6.45) is 7.72. The SMILES string of the molecule is O=C(c1cnccn1)N1CCC(C2(C(=O)Nc3ccc(-c4cc(F)cc(F)c4)cc3)CC2)CC1. The highest BCUT2D eigenvalue weighted by Gasteiger charge is 2.55. The number of likely N-dealkylation sites (tertiary alicyclic amines) is 1. The summed E-state index contributed by atoms with van der Waals surface area (Å²) in [5.74, 6) is -1.18. The maximum Gasteiger partial charge on any atom is 0.274 e. The minimum Gasteiger partial charge on any atom is -0.337 e. The molecule has 2 fully saturated rings. The number of carbonyl (C=O) groups is 2. The lowest BCUT2D eigenvalue weighted by atomic mass is 9.80. The van der Waals surface area contributed by atoms with Crippen LogP contribution in [0.2, 0.25) is 0 Å². The highest BCUT2D eigenvalue weighted by Crippen LogP contribution is 2.56. The Morgan fingerprint density at radius 3 is 2.21 bits per heavy atom. The molecule has 1 aliphatic heterocycles. The van der Waals surface area contributed by atoms with Crippen LogP contribution >= 0.6 is 0 Å². The third-order valence-corrected chi connectivity index (χ3v) is 6.93. The number of halogens is 2. The van der Waals surface area contributed by atoms with E-state index in [0.29, 0.717) is 35.6 Å². The Kier molecular flexibility index (Phi) is 5.81. The smallest absolute Gasteiger partial charge is 0.274 e. The van der Waals surface area contributed by atoms with Crippen LogP contribution in [0.3, 0.4) is 0 Å². The molecule has 8 heteroatoms. The van der Waals surface area contributed by atoms with Crippen molar-refractivity contribution >= 4 is 17.5 Å². The molecule has 2 aromatic carbocycles. The molecule has 0 unspecified atom stereocenters. The second-order valence-electron chi connectivity index (χ2n) is 9.00. The molecule has 1 saturated carbocycles. The number of aromatic nitrogens is 2. The average molecular weight is 463 g/mol. The van der Waals surface area contributed by atoms with Gasteiger partial charge in [-0.3, -0.25) is 14.6 Å². The lowest BCUT2D eigenvalue weighted by Crippen LogP contribution is -2.43. The monoisotopic (exact) mass is 462 g/mol. The van der Waals surface area contributed by atoms with Crippen LogP contribution in [0, 0.1) is 23.0 Å². The Hall–Kier alpha value is -3.68. The van der Waals surface area contributed by atoms with Crippen molar-refractivity contribution in [2.45, 2.75) is 25.7 Å². The first-order valence-electron chi connectivity index (χ1n) is 11.4. The van der Waals surface area contributed by atoms with Gasteiger partial charge in [0.1, 0.15) is 17.3 Å². The average Bonchev–Trinajstić information content (AvgIpc) is 3.66. The van der Waals surface area contributed by atoms with Crippen LogP contribution in [0.25, 0.3) is 11.1 Å². The van der Waals surface area contributed by atoms with Gasteiger partial charge in [0.05, 0.1) is 11.6 Å². The normalized spacial score (nSPS) is 17.3. The minimum absolute atomic E-state index is 0.00393. The molecule has 5 rings (SSSR count). The predicted molar refractivity (Wildman–Crippen MR) is 123 cm³/mol. The summed E-state index contributed by atoms with van der Waals surface area (Å²) < 4.78 is 27.0. The van der Waals surface area contributed by atoms with Crippen LogP contribution in [0.5, 0.6) is 0 Å². The molecule has 1 N–H and O–H groups in total. The second kappa shape index (κ2) is 8.93. The van der Waals surface area contributed by atoms with Crippen molar-refractivity contribution in [1.29, 1.82) is 0 Å². The van der Waals surface area contributed by atoms with E-state index >= 15 is 0 Å². The molecule has 3 aromatic rings. The minimum atomic E-state index is -0.632. The largest absolute Gasteiger partial charge is 0.337 e. The fraction of sp³-hybridized carbons (Fsp3) is 0.308. The molecule has 0 radical (unpaired) electrons. The van der Waals surface area contributed by atoms with Gasteiger partial charge in [0.15, 0.2) is 0 Å². The van der Waals surface area contributed by atoms with Gasteiger partial charge in [-0.1, -0.05) is 12.1 Å². The van der Waals surface area contributed by atoms with Crippen LogP contribution < -0.4 is 5.32 Å². The number of anilines is 1. The first kappa shape index (κ1) is 22.1. The first-order chi connectivity index (χ1) is 16.4. The van der Waals surface area contributed by atoms with Crippen LogP contribution in [0.15, 0.2) is 61.1 Å². The highest BCUT2D eigenvalue weighted by molar-refractivity contribution is 5.97. The van der Waals surface area contributed by atoms with Gasteiger partial charge in [-0.15, -0.1) is 0 Å². The predicted octanol–water partition coefficient (Wildman–Crippen LogP) is 4.69. The Labute approximate surface area is 196 Å². The molecule has 6 nitrogen and oxygen atoms in total. The van der Waals surface area contributed by atoms with Crippen molar-refractivity contribution in [2.75, 3.05) is 18.4 Å². The van der Waals surface area contributed by atoms with Crippen LogP contribution in [-0.4, -0.2) is 39.8 Å². The molecule has 2 aliphatic rings. The number of hydrogen-bond acceptors (Lipinski definition) is 4. The van der Waals surface area contributed by atoms with Gasteiger partial charge in [0, 0.05) is 37.2 Å². The van der Waals surface area contributed by atoms with Crippen molar-refractivity contribution in [2.24, 2.45) is 11.3 Å². The maximum absolute atomic E-state index is 13.5. The van der Waals surface area contributed by atoms with Gasteiger partial charge < -0.3 is 10.2 Å². The summed E-state index contributed by atoms with van der Waals surface area (Å²) in [4.78, 5) is 35.6. The van der Waals surface area contributed by atoms with Gasteiger partial charge in [-0.05, 0) is 67.0 Å². The van der Waals surface area contributed by atoms with Crippen LogP contribution in [-0.2, 0) is 4.79 Å². The van der Waals surface area contributed by atoms with Gasteiger partial charge in [-0.25, -0.2) is 13.8 Å². The van der Waals surface area contributed by atoms with Gasteiger partial charge in [-0.2, -0.15) is 0 Å². The quantitative estimate of drug-likeness (QED) is 0.597. The summed E-state index contributed by atoms with van der Waals surface area (Å²) in [5.41, 5.74) is 1.69. The lowest BCUT2D eigenvalue weighted by Gasteiger charge is -2.35. The first-order valence-corrected chi connectivity index (χ1v) is 11.4. The van der Waals surface area contributed by atoms with E-state index in [4.69, 9.17) is 0 Å². The van der Waals surface area contributed by atoms with E-state index in [1.165, 1.54) is 30.7 Å². The van der Waals surface area contributed by atoms with Crippen molar-refractivity contribution < 1.29 is 18.4 Å². The molecule has 174 valence electrons. The van der Waals surface area contributed by atoms with E-state index in [1.807, 2.05) is 0 Å². The Bertz CT molecular complexity index is 1180. The van der Waals surface area contributed by atoms with Gasteiger partial charge in [0.25, 0.3) is 5.91 Å². The zero-order chi connectivity index (χ0) is 23.7. The maximum atomic E-state index is 13.5.